The summed E-state index contributed by atoms with van der Waals surface area (Å²) in [4.78, 5) is 13.9. The summed E-state index contributed by atoms with van der Waals surface area (Å²) in [5.74, 6) is -0.0638. The van der Waals surface area contributed by atoms with Crippen molar-refractivity contribution in [1.82, 2.24) is 4.90 Å². The van der Waals surface area contributed by atoms with Crippen LogP contribution in [0.1, 0.15) is 27.7 Å². The van der Waals surface area contributed by atoms with Gasteiger partial charge in [-0.3, -0.25) is 4.79 Å². The number of carbonyl (C=O) groups excluding carboxylic acids is 1. The Hall–Kier alpha value is -0.650. The third kappa shape index (κ3) is 3.66. The van der Waals surface area contributed by atoms with Crippen molar-refractivity contribution in [3.63, 3.8) is 0 Å². The van der Waals surface area contributed by atoms with E-state index < -0.39 is 6.04 Å². The largest absolute Gasteiger partial charge is 0.394 e. The molecular formula is C12H24N2O3. The maximum atomic E-state index is 12.2. The number of ether oxygens (including phenoxy) is 1. The van der Waals surface area contributed by atoms with Crippen molar-refractivity contribution in [3.05, 3.63) is 0 Å². The molecule has 100 valence electrons. The fraction of sp³-hybridized carbons (Fsp3) is 0.917. The van der Waals surface area contributed by atoms with Crippen LogP contribution in [0.2, 0.25) is 0 Å². The first kappa shape index (κ1) is 14.4. The number of nitrogens with zero attached hydrogens (tertiary/aromatic N) is 1. The molecule has 0 spiro atoms. The van der Waals surface area contributed by atoms with Gasteiger partial charge in [0.15, 0.2) is 0 Å². The molecule has 1 amide bonds. The second-order valence-corrected chi connectivity index (χ2v) is 5.84. The Labute approximate surface area is 103 Å². The summed E-state index contributed by atoms with van der Waals surface area (Å²) in [5, 5.41) is 9.11. The summed E-state index contributed by atoms with van der Waals surface area (Å²) in [6.07, 6.45) is -0.355. The first-order valence-corrected chi connectivity index (χ1v) is 6.06. The Balaban J connectivity index is 2.68. The molecule has 1 saturated heterocycles. The second kappa shape index (κ2) is 5.33. The van der Waals surface area contributed by atoms with Gasteiger partial charge in [-0.1, -0.05) is 20.8 Å². The van der Waals surface area contributed by atoms with Crippen molar-refractivity contribution < 1.29 is 14.6 Å². The molecule has 0 aromatic heterocycles. The van der Waals surface area contributed by atoms with Gasteiger partial charge < -0.3 is 20.5 Å². The summed E-state index contributed by atoms with van der Waals surface area (Å²) < 4.78 is 5.50. The molecular weight excluding hydrogens is 220 g/mol. The Morgan fingerprint density at radius 2 is 2.12 bits per heavy atom. The van der Waals surface area contributed by atoms with E-state index in [0.29, 0.717) is 13.1 Å². The molecule has 5 nitrogen and oxygen atoms in total. The highest BCUT2D eigenvalue weighted by Crippen LogP contribution is 2.21. The first-order chi connectivity index (χ1) is 7.75. The van der Waals surface area contributed by atoms with Crippen molar-refractivity contribution in [3.8, 4) is 0 Å². The van der Waals surface area contributed by atoms with Crippen molar-refractivity contribution in [2.24, 2.45) is 11.1 Å². The summed E-state index contributed by atoms with van der Waals surface area (Å²) in [6.45, 7) is 8.63. The van der Waals surface area contributed by atoms with Crippen molar-refractivity contribution in [2.75, 3.05) is 19.7 Å². The van der Waals surface area contributed by atoms with Gasteiger partial charge >= 0.3 is 0 Å². The smallest absolute Gasteiger partial charge is 0.240 e. The molecule has 0 radical (unpaired) electrons. The van der Waals surface area contributed by atoms with Gasteiger partial charge in [-0.05, 0) is 12.3 Å². The van der Waals surface area contributed by atoms with E-state index in [1.165, 1.54) is 0 Å². The van der Waals surface area contributed by atoms with Gasteiger partial charge in [0.05, 0.1) is 24.9 Å². The van der Waals surface area contributed by atoms with E-state index in [9.17, 15) is 4.79 Å². The predicted octanol–water partition coefficient (Wildman–Crippen LogP) is -0.0320. The molecule has 1 rings (SSSR count). The molecule has 0 aliphatic carbocycles. The van der Waals surface area contributed by atoms with Crippen LogP contribution < -0.4 is 5.73 Å². The molecule has 1 fully saturated rings. The number of amides is 1. The Bertz CT molecular complexity index is 275. The molecule has 3 N–H and O–H groups in total. The second-order valence-electron chi connectivity index (χ2n) is 5.84. The van der Waals surface area contributed by atoms with Gasteiger partial charge in [-0.15, -0.1) is 0 Å². The molecule has 3 unspecified atom stereocenters. The summed E-state index contributed by atoms with van der Waals surface area (Å²) in [6, 6.07) is -0.521. The molecule has 1 aliphatic heterocycles. The molecule has 0 bridgehead atoms. The lowest BCUT2D eigenvalue weighted by Gasteiger charge is -2.39. The number of aliphatic hydroxyl groups excluding tert-OH is 1. The quantitative estimate of drug-likeness (QED) is 0.715. The molecule has 17 heavy (non-hydrogen) atoms. The number of carbonyl (C=O) groups is 1. The van der Waals surface area contributed by atoms with Crippen LogP contribution in [-0.2, 0) is 9.53 Å². The van der Waals surface area contributed by atoms with Crippen LogP contribution in [-0.4, -0.2) is 53.9 Å². The summed E-state index contributed by atoms with van der Waals surface area (Å²) in [7, 11) is 0. The van der Waals surface area contributed by atoms with Gasteiger partial charge in [0.25, 0.3) is 0 Å². The summed E-state index contributed by atoms with van der Waals surface area (Å²) in [5.41, 5.74) is 5.71. The van der Waals surface area contributed by atoms with E-state index in [1.54, 1.807) is 4.90 Å². The average Bonchev–Trinajstić information content (AvgIpc) is 2.24. The fourth-order valence-electron chi connectivity index (χ4n) is 1.89. The number of morpholine rings is 1. The normalized spacial score (nSPS) is 28.0. The first-order valence-electron chi connectivity index (χ1n) is 6.06. The van der Waals surface area contributed by atoms with Gasteiger partial charge in [0.1, 0.15) is 0 Å². The highest BCUT2D eigenvalue weighted by Gasteiger charge is 2.35. The molecule has 1 aliphatic rings. The van der Waals surface area contributed by atoms with Crippen LogP contribution in [0.3, 0.4) is 0 Å². The van der Waals surface area contributed by atoms with Crippen LogP contribution in [0, 0.1) is 5.41 Å². The standard InChI is InChI=1S/C12H24N2O3/c1-8-5-14(6-9(7-15)17-8)11(16)10(13)12(2,3)4/h8-10,15H,5-7,13H2,1-4H3. The lowest BCUT2D eigenvalue weighted by atomic mass is 9.86. The monoisotopic (exact) mass is 244 g/mol. The predicted molar refractivity (Wildman–Crippen MR) is 65.4 cm³/mol. The fourth-order valence-corrected chi connectivity index (χ4v) is 1.89. The van der Waals surface area contributed by atoms with Crippen LogP contribution in [0.5, 0.6) is 0 Å². The van der Waals surface area contributed by atoms with E-state index in [1.807, 2.05) is 27.7 Å². The van der Waals surface area contributed by atoms with Gasteiger partial charge in [-0.25, -0.2) is 0 Å². The van der Waals surface area contributed by atoms with Crippen molar-refractivity contribution in [1.29, 1.82) is 0 Å². The molecule has 1 heterocycles. The number of rotatable bonds is 2. The molecule has 0 aromatic carbocycles. The zero-order valence-corrected chi connectivity index (χ0v) is 11.1. The lowest BCUT2D eigenvalue weighted by Crippen LogP contribution is -2.57. The third-order valence-corrected chi connectivity index (χ3v) is 3.04. The Morgan fingerprint density at radius 3 is 2.59 bits per heavy atom. The number of aliphatic hydroxyl groups is 1. The summed E-state index contributed by atoms with van der Waals surface area (Å²) >= 11 is 0. The van der Waals surface area contributed by atoms with E-state index in [0.717, 1.165) is 0 Å². The highest BCUT2D eigenvalue weighted by atomic mass is 16.5. The van der Waals surface area contributed by atoms with Gasteiger partial charge in [0, 0.05) is 13.1 Å². The lowest BCUT2D eigenvalue weighted by molar-refractivity contribution is -0.150. The van der Waals surface area contributed by atoms with Crippen molar-refractivity contribution in [2.45, 2.75) is 45.9 Å². The average molecular weight is 244 g/mol. The zero-order chi connectivity index (χ0) is 13.2. The van der Waals surface area contributed by atoms with Crippen LogP contribution in [0.25, 0.3) is 0 Å². The van der Waals surface area contributed by atoms with E-state index in [2.05, 4.69) is 0 Å². The third-order valence-electron chi connectivity index (χ3n) is 3.04. The molecule has 0 saturated carbocycles. The van der Waals surface area contributed by atoms with E-state index >= 15 is 0 Å². The molecule has 0 aromatic rings. The van der Waals surface area contributed by atoms with E-state index in [-0.39, 0.29) is 30.1 Å². The number of nitrogens with two attached hydrogens (primary N) is 1. The minimum atomic E-state index is -0.521. The minimum absolute atomic E-state index is 0.0583. The highest BCUT2D eigenvalue weighted by molar-refractivity contribution is 5.82. The maximum Gasteiger partial charge on any atom is 0.240 e. The van der Waals surface area contributed by atoms with Crippen LogP contribution >= 0.6 is 0 Å². The maximum absolute atomic E-state index is 12.2. The van der Waals surface area contributed by atoms with E-state index in [4.69, 9.17) is 15.6 Å². The van der Waals surface area contributed by atoms with Crippen LogP contribution in [0.4, 0.5) is 0 Å². The number of hydrogen-bond donors (Lipinski definition) is 2. The topological polar surface area (TPSA) is 75.8 Å². The van der Waals surface area contributed by atoms with Crippen LogP contribution in [0.15, 0.2) is 0 Å². The Kier molecular flexibility index (Phi) is 4.52. The van der Waals surface area contributed by atoms with Crippen molar-refractivity contribution >= 4 is 5.91 Å². The molecule has 3 atom stereocenters. The number of hydrogen-bond acceptors (Lipinski definition) is 4. The molecule has 5 heteroatoms. The zero-order valence-electron chi connectivity index (χ0n) is 11.1. The van der Waals surface area contributed by atoms with Gasteiger partial charge in [-0.2, -0.15) is 0 Å². The minimum Gasteiger partial charge on any atom is -0.394 e. The Morgan fingerprint density at radius 1 is 1.53 bits per heavy atom. The SMILES string of the molecule is CC1CN(C(=O)C(N)C(C)(C)C)CC(CO)O1. The van der Waals surface area contributed by atoms with Gasteiger partial charge in [0.2, 0.25) is 5.91 Å².